The number of ether oxygens (including phenoxy) is 1. The number of carbonyl (C=O) groups excluding carboxylic acids is 1. The Morgan fingerprint density at radius 2 is 2.44 bits per heavy atom. The number of esters is 1. The van der Waals surface area contributed by atoms with Crippen LogP contribution in [0.15, 0.2) is 16.9 Å². The van der Waals surface area contributed by atoms with Crippen LogP contribution in [0, 0.1) is 0 Å². The second-order valence-corrected chi connectivity index (χ2v) is 4.09. The Morgan fingerprint density at radius 1 is 1.69 bits per heavy atom. The summed E-state index contributed by atoms with van der Waals surface area (Å²) in [7, 11) is 0. The normalized spacial score (nSPS) is 10.7. The van der Waals surface area contributed by atoms with Crippen LogP contribution in [0.1, 0.15) is 17.3 Å². The molecule has 0 spiro atoms. The van der Waals surface area contributed by atoms with Gasteiger partial charge in [0.05, 0.1) is 6.61 Å². The lowest BCUT2D eigenvalue weighted by atomic mass is 10.3. The number of aromatic nitrogens is 3. The van der Waals surface area contributed by atoms with Crippen molar-refractivity contribution in [2.75, 3.05) is 6.61 Å². The number of halogens is 2. The molecule has 2 rings (SSSR count). The molecule has 84 valence electrons. The molecule has 0 bridgehead atoms. The lowest BCUT2D eigenvalue weighted by molar-refractivity contribution is 0.0525. The molecule has 0 aliphatic rings. The van der Waals surface area contributed by atoms with Crippen molar-refractivity contribution in [1.29, 1.82) is 0 Å². The van der Waals surface area contributed by atoms with Gasteiger partial charge in [0.2, 0.25) is 0 Å². The third-order valence-electron chi connectivity index (χ3n) is 1.89. The monoisotopic (exact) mass is 303 g/mol. The van der Waals surface area contributed by atoms with E-state index in [1.54, 1.807) is 13.0 Å². The molecular weight excluding hydrogens is 297 g/mol. The Labute approximate surface area is 104 Å². The maximum atomic E-state index is 11.5. The molecule has 0 saturated carbocycles. The Bertz CT molecular complexity index is 555. The van der Waals surface area contributed by atoms with Gasteiger partial charge in [0.1, 0.15) is 15.3 Å². The second-order valence-electron chi connectivity index (χ2n) is 2.92. The summed E-state index contributed by atoms with van der Waals surface area (Å²) < 4.78 is 6.82. The average molecular weight is 305 g/mol. The van der Waals surface area contributed by atoms with Gasteiger partial charge in [0.15, 0.2) is 5.65 Å². The lowest BCUT2D eigenvalue weighted by Crippen LogP contribution is -2.08. The highest BCUT2D eigenvalue weighted by Gasteiger charge is 2.16. The maximum absolute atomic E-state index is 11.5. The number of nitrogens with zero attached hydrogens (tertiary/aromatic N) is 3. The van der Waals surface area contributed by atoms with Gasteiger partial charge in [0, 0.05) is 12.3 Å². The summed E-state index contributed by atoms with van der Waals surface area (Å²) in [5.41, 5.74) is 0.761. The highest BCUT2D eigenvalue weighted by molar-refractivity contribution is 9.10. The van der Waals surface area contributed by atoms with Crippen molar-refractivity contribution in [2.45, 2.75) is 6.92 Å². The van der Waals surface area contributed by atoms with Gasteiger partial charge in [-0.2, -0.15) is 5.10 Å². The van der Waals surface area contributed by atoms with Gasteiger partial charge in [0.25, 0.3) is 0 Å². The smallest absolute Gasteiger partial charge is 0.342 e. The minimum Gasteiger partial charge on any atom is -0.462 e. The first-order chi connectivity index (χ1) is 7.63. The van der Waals surface area contributed by atoms with Crippen LogP contribution in [-0.2, 0) is 4.74 Å². The summed E-state index contributed by atoms with van der Waals surface area (Å²) in [4.78, 5) is 15.6. The van der Waals surface area contributed by atoms with Crippen molar-refractivity contribution in [3.8, 4) is 0 Å². The van der Waals surface area contributed by atoms with Crippen molar-refractivity contribution in [1.82, 2.24) is 14.6 Å². The first kappa shape index (κ1) is 11.3. The van der Waals surface area contributed by atoms with Crippen molar-refractivity contribution in [3.05, 3.63) is 27.6 Å². The molecule has 0 aromatic carbocycles. The van der Waals surface area contributed by atoms with Crippen LogP contribution >= 0.6 is 27.5 Å². The van der Waals surface area contributed by atoms with Gasteiger partial charge < -0.3 is 4.74 Å². The van der Waals surface area contributed by atoms with E-state index in [1.165, 1.54) is 10.7 Å². The topological polar surface area (TPSA) is 56.5 Å². The van der Waals surface area contributed by atoms with Crippen LogP contribution in [0.5, 0.6) is 0 Å². The zero-order valence-corrected chi connectivity index (χ0v) is 10.6. The predicted octanol–water partition coefficient (Wildman–Crippen LogP) is 2.32. The zero-order valence-electron chi connectivity index (χ0n) is 8.28. The highest BCUT2D eigenvalue weighted by atomic mass is 79.9. The Balaban J connectivity index is 2.55. The van der Waals surface area contributed by atoms with E-state index in [2.05, 4.69) is 26.0 Å². The standard InChI is InChI=1S/C9H7BrClN3O2/c1-2-16-9(15)5-4-12-7-3-6(10)13-14(7)8(5)11/h3-4H,2H2,1H3. The van der Waals surface area contributed by atoms with Gasteiger partial charge in [-0.15, -0.1) is 0 Å². The number of hydrogen-bond acceptors (Lipinski definition) is 4. The van der Waals surface area contributed by atoms with Crippen LogP contribution in [0.25, 0.3) is 5.65 Å². The summed E-state index contributed by atoms with van der Waals surface area (Å²) in [6, 6.07) is 1.70. The predicted molar refractivity (Wildman–Crippen MR) is 61.7 cm³/mol. The van der Waals surface area contributed by atoms with Gasteiger partial charge in [-0.1, -0.05) is 11.6 Å². The number of fused-ring (bicyclic) bond motifs is 1. The molecule has 2 aromatic rings. The molecule has 16 heavy (non-hydrogen) atoms. The van der Waals surface area contributed by atoms with E-state index in [9.17, 15) is 4.79 Å². The van der Waals surface area contributed by atoms with Gasteiger partial charge in [-0.3, -0.25) is 0 Å². The van der Waals surface area contributed by atoms with E-state index in [0.717, 1.165) is 0 Å². The molecular formula is C9H7BrClN3O2. The second kappa shape index (κ2) is 4.39. The van der Waals surface area contributed by atoms with Crippen molar-refractivity contribution >= 4 is 39.1 Å². The summed E-state index contributed by atoms with van der Waals surface area (Å²) in [5.74, 6) is -0.506. The zero-order chi connectivity index (χ0) is 11.7. The van der Waals surface area contributed by atoms with E-state index >= 15 is 0 Å². The van der Waals surface area contributed by atoms with E-state index in [-0.39, 0.29) is 17.3 Å². The van der Waals surface area contributed by atoms with E-state index in [0.29, 0.717) is 10.3 Å². The lowest BCUT2D eigenvalue weighted by Gasteiger charge is -2.04. The van der Waals surface area contributed by atoms with Crippen molar-refractivity contribution < 1.29 is 9.53 Å². The van der Waals surface area contributed by atoms with Gasteiger partial charge in [-0.05, 0) is 22.9 Å². The fourth-order valence-corrected chi connectivity index (χ4v) is 1.84. The molecule has 0 atom stereocenters. The highest BCUT2D eigenvalue weighted by Crippen LogP contribution is 2.19. The molecule has 2 heterocycles. The van der Waals surface area contributed by atoms with E-state index in [4.69, 9.17) is 16.3 Å². The molecule has 0 amide bonds. The largest absolute Gasteiger partial charge is 0.462 e. The summed E-state index contributed by atoms with van der Waals surface area (Å²) in [6.45, 7) is 2.01. The van der Waals surface area contributed by atoms with Gasteiger partial charge >= 0.3 is 5.97 Å². The SMILES string of the molecule is CCOC(=O)c1cnc2cc(Br)nn2c1Cl. The fraction of sp³-hybridized carbons (Fsp3) is 0.222. The number of hydrogen-bond donors (Lipinski definition) is 0. The first-order valence-electron chi connectivity index (χ1n) is 4.50. The Kier molecular flexibility index (Phi) is 3.11. The molecule has 5 nitrogen and oxygen atoms in total. The molecule has 2 aromatic heterocycles. The average Bonchev–Trinajstić information content (AvgIpc) is 2.60. The molecule has 0 fully saturated rings. The van der Waals surface area contributed by atoms with Crippen molar-refractivity contribution in [2.24, 2.45) is 0 Å². The van der Waals surface area contributed by atoms with Crippen LogP contribution in [0.2, 0.25) is 5.15 Å². The molecule has 0 aliphatic carbocycles. The molecule has 0 N–H and O–H groups in total. The third kappa shape index (κ3) is 1.90. The Hall–Kier alpha value is -1.14. The van der Waals surface area contributed by atoms with Crippen LogP contribution < -0.4 is 0 Å². The van der Waals surface area contributed by atoms with Crippen LogP contribution in [0.3, 0.4) is 0 Å². The van der Waals surface area contributed by atoms with Gasteiger partial charge in [-0.25, -0.2) is 14.3 Å². The number of rotatable bonds is 2. The first-order valence-corrected chi connectivity index (χ1v) is 5.67. The summed E-state index contributed by atoms with van der Waals surface area (Å²) >= 11 is 9.23. The minimum atomic E-state index is -0.506. The summed E-state index contributed by atoms with van der Waals surface area (Å²) in [6.07, 6.45) is 1.38. The van der Waals surface area contributed by atoms with Crippen LogP contribution in [0.4, 0.5) is 0 Å². The van der Waals surface area contributed by atoms with Crippen molar-refractivity contribution in [3.63, 3.8) is 0 Å². The number of carbonyl (C=O) groups is 1. The molecule has 7 heteroatoms. The third-order valence-corrected chi connectivity index (χ3v) is 2.64. The minimum absolute atomic E-state index is 0.189. The molecule has 0 aliphatic heterocycles. The summed E-state index contributed by atoms with van der Waals surface area (Å²) in [5, 5.41) is 4.24. The fourth-order valence-electron chi connectivity index (χ4n) is 1.22. The Morgan fingerprint density at radius 3 is 3.12 bits per heavy atom. The van der Waals surface area contributed by atoms with Crippen LogP contribution in [-0.4, -0.2) is 27.2 Å². The molecule has 0 saturated heterocycles. The molecule has 0 unspecified atom stereocenters. The van der Waals surface area contributed by atoms with E-state index in [1.807, 2.05) is 0 Å². The maximum Gasteiger partial charge on any atom is 0.342 e. The van der Waals surface area contributed by atoms with E-state index < -0.39 is 5.97 Å². The molecule has 0 radical (unpaired) electrons. The quantitative estimate of drug-likeness (QED) is 0.631.